The standard InChI is InChI=1S/C28H42N2.C27H40N2.C25H25NS.2C23H34N2/c1-21-13-9-12-20-26(21)29-22(2)27(23-14-5-3-6-15-23)30(25-18-10-11-19-25)28(29)24-16-7-4-8-17-24;1-20-12-6-11-19-25(20)28-21(2)26(22-13-7-8-14-22)29(24-17-9-10-18-24)27(28)23-15-4-3-5-16-23;1-17-11-8-9-16-22(17)26-20(4)24(21-14-6-5-7-15-21)27-25(26)23-18(2)12-10-13-19(23)3;2*1-17-11-7-10-16-22(17)25-19(3)18(2)24(21-14-8-9-15-21)23(25)20-12-5-4-6-13-20/h9,12-13,20,23-25,28H,3-8,10-11,14-19H2,1-2H3;6,11-12,19,22-24,27H,3-5,7-10,13-18H2,1-2H3;5-16,25H,1-4H3;2*7,10-11,16,20-21,23H,4-6,8-9,12-15H2,1-3H3. The van der Waals surface area contributed by atoms with E-state index in [2.05, 4.69) is 311 Å². The Morgan fingerprint density at radius 3 is 0.735 bits per heavy atom. The molecular weight excluding hydrogens is 1670 g/mol. The number of hydrogen-bond donors (Lipinski definition) is 0. The molecule has 15 aliphatic rings. The van der Waals surface area contributed by atoms with Gasteiger partial charge in [0.05, 0.1) is 0 Å². The van der Waals surface area contributed by atoms with Crippen LogP contribution < -0.4 is 24.5 Å². The van der Waals surface area contributed by atoms with Crippen molar-refractivity contribution in [3.63, 3.8) is 0 Å². The van der Waals surface area contributed by atoms with Gasteiger partial charge in [-0.3, -0.25) is 0 Å². The summed E-state index contributed by atoms with van der Waals surface area (Å²) in [5.74, 6) is 4.84. The number of para-hydroxylation sites is 5. The van der Waals surface area contributed by atoms with Crippen LogP contribution in [-0.2, 0) is 0 Å². The molecule has 0 spiro atoms. The summed E-state index contributed by atoms with van der Waals surface area (Å²) >= 11 is 1.97. The average Bonchev–Trinajstić information content (AvgIpc) is 1.58. The van der Waals surface area contributed by atoms with Crippen LogP contribution in [0.15, 0.2) is 221 Å². The quantitative estimate of drug-likeness (QED) is 0.0878. The van der Waals surface area contributed by atoms with Crippen molar-refractivity contribution >= 4 is 45.1 Å². The van der Waals surface area contributed by atoms with E-state index < -0.39 is 0 Å². The van der Waals surface area contributed by atoms with Crippen molar-refractivity contribution in [2.45, 2.75) is 440 Å². The molecule has 7 aromatic carbocycles. The molecule has 136 heavy (non-hydrogen) atoms. The number of aryl methyl sites for hydroxylation is 7. The van der Waals surface area contributed by atoms with Gasteiger partial charge in [0.2, 0.25) is 0 Å². The smallest absolute Gasteiger partial charge is 0.110 e. The summed E-state index contributed by atoms with van der Waals surface area (Å²) in [6.45, 7) is 32.5. The van der Waals surface area contributed by atoms with E-state index in [0.29, 0.717) is 24.7 Å². The highest BCUT2D eigenvalue weighted by Crippen LogP contribution is 2.58. The van der Waals surface area contributed by atoms with Crippen molar-refractivity contribution < 1.29 is 0 Å². The maximum Gasteiger partial charge on any atom is 0.110 e. The lowest BCUT2D eigenvalue weighted by Gasteiger charge is -2.45. The van der Waals surface area contributed by atoms with Gasteiger partial charge in [-0.25, -0.2) is 0 Å². The number of nitrogens with zero attached hydrogens (tertiary/aromatic N) is 9. The molecule has 5 unspecified atom stereocenters. The third kappa shape index (κ3) is 20.7. The van der Waals surface area contributed by atoms with E-state index in [-0.39, 0.29) is 5.37 Å². The molecule has 730 valence electrons. The van der Waals surface area contributed by atoms with Crippen LogP contribution in [0.25, 0.3) is 4.91 Å². The molecule has 7 aromatic rings. The van der Waals surface area contributed by atoms with Gasteiger partial charge in [0.15, 0.2) is 0 Å². The lowest BCUT2D eigenvalue weighted by molar-refractivity contribution is 0.112. The Labute approximate surface area is 830 Å². The van der Waals surface area contributed by atoms with E-state index in [9.17, 15) is 0 Å². The highest BCUT2D eigenvalue weighted by Gasteiger charge is 2.52. The van der Waals surface area contributed by atoms with Gasteiger partial charge in [-0.05, 0) is 329 Å². The maximum absolute atomic E-state index is 3.04. The van der Waals surface area contributed by atoms with Gasteiger partial charge in [0.1, 0.15) is 30.0 Å². The van der Waals surface area contributed by atoms with E-state index >= 15 is 0 Å². The molecule has 10 aliphatic carbocycles. The van der Waals surface area contributed by atoms with Crippen LogP contribution in [0.4, 0.5) is 28.4 Å². The van der Waals surface area contributed by atoms with Crippen LogP contribution in [0.2, 0.25) is 0 Å². The minimum Gasteiger partial charge on any atom is -0.350 e. The first-order valence-electron chi connectivity index (χ1n) is 56.1. The predicted octanol–water partition coefficient (Wildman–Crippen LogP) is 34.9. The van der Waals surface area contributed by atoms with E-state index in [1.54, 1.807) is 22.8 Å². The second kappa shape index (κ2) is 45.6. The second-order valence-corrected chi connectivity index (χ2v) is 46.2. The molecule has 0 aromatic heterocycles. The SMILES string of the molecule is CC1=C(C)N(C2CCCC2)C(C2CCCCC2)N1c1ccccc1C.CC1=C(C)N(C2CCCC2)C(C2CCCCC2)N1c1ccccc1C.CC1=C(C2CCCC2)N(C2CCCC2)C(C2CCCCC2)N1c1ccccc1C.CC1=C(C2CCCCC2)N(C2CCCC2)C(C2CCCCC2)N1c1ccccc1C.CC1=C(c2ccccc2)SC(c2c(C)cccc2C)N1c1ccccc1C. The van der Waals surface area contributed by atoms with Crippen LogP contribution in [0, 0.1) is 84.0 Å². The fourth-order valence-electron chi connectivity index (χ4n) is 29.5. The lowest BCUT2D eigenvalue weighted by atomic mass is 9.83. The van der Waals surface area contributed by atoms with E-state index in [0.717, 1.165) is 59.7 Å². The lowest BCUT2D eigenvalue weighted by Crippen LogP contribution is -2.50. The first kappa shape index (κ1) is 98.0. The summed E-state index contributed by atoms with van der Waals surface area (Å²) in [4.78, 5) is 26.7. The molecule has 22 rings (SSSR count). The van der Waals surface area contributed by atoms with E-state index in [4.69, 9.17) is 0 Å². The van der Waals surface area contributed by atoms with Crippen molar-refractivity contribution in [1.29, 1.82) is 0 Å². The zero-order valence-electron chi connectivity index (χ0n) is 87.1. The summed E-state index contributed by atoms with van der Waals surface area (Å²) in [5.41, 5.74) is 33.6. The van der Waals surface area contributed by atoms with Gasteiger partial charge in [0, 0.05) is 121 Å². The minimum absolute atomic E-state index is 0.252. The summed E-state index contributed by atoms with van der Waals surface area (Å²) in [7, 11) is 0. The fraction of sp³-hybridized carbons (Fsp3) is 0.587. The van der Waals surface area contributed by atoms with Gasteiger partial charge in [-0.15, -0.1) is 0 Å². The van der Waals surface area contributed by atoms with Crippen molar-refractivity contribution in [1.82, 2.24) is 19.6 Å². The van der Waals surface area contributed by atoms with Crippen molar-refractivity contribution in [3.05, 3.63) is 271 Å². The summed E-state index contributed by atoms with van der Waals surface area (Å²) in [6, 6.07) is 65.5. The molecule has 0 amide bonds. The number of benzene rings is 7. The first-order chi connectivity index (χ1) is 66.4. The summed E-state index contributed by atoms with van der Waals surface area (Å²) < 4.78 is 0. The van der Waals surface area contributed by atoms with Crippen LogP contribution in [-0.4, -0.2) is 68.4 Å². The van der Waals surface area contributed by atoms with Crippen LogP contribution in [0.1, 0.15) is 393 Å². The van der Waals surface area contributed by atoms with Crippen molar-refractivity contribution in [3.8, 4) is 0 Å². The van der Waals surface area contributed by atoms with Gasteiger partial charge in [0.25, 0.3) is 0 Å². The molecule has 0 radical (unpaired) electrons. The molecule has 10 saturated carbocycles. The number of allylic oxidation sites excluding steroid dienone is 9. The van der Waals surface area contributed by atoms with Crippen molar-refractivity contribution in [2.24, 2.45) is 35.5 Å². The number of anilines is 5. The normalized spacial score (nSPS) is 24.9. The van der Waals surface area contributed by atoms with E-state index in [1.165, 1.54) is 401 Å². The molecule has 5 aliphatic heterocycles. The summed E-state index contributed by atoms with van der Waals surface area (Å²) in [5, 5.41) is 0.252. The predicted molar refractivity (Wildman–Crippen MR) is 582 cm³/mol. The Bertz CT molecular complexity index is 5120. The zero-order chi connectivity index (χ0) is 94.0. The monoisotopic (exact) mass is 1850 g/mol. The maximum atomic E-state index is 3.04. The van der Waals surface area contributed by atoms with Gasteiger partial charge in [-0.1, -0.05) is 312 Å². The molecule has 9 nitrogen and oxygen atoms in total. The Balaban J connectivity index is 0.000000113. The number of thioether (sulfide) groups is 1. The minimum atomic E-state index is 0.252. The zero-order valence-corrected chi connectivity index (χ0v) is 87.9. The highest BCUT2D eigenvalue weighted by molar-refractivity contribution is 8.09. The molecule has 10 fully saturated rings. The highest BCUT2D eigenvalue weighted by atomic mass is 32.2. The molecular formula is C126H175N9S. The van der Waals surface area contributed by atoms with Crippen LogP contribution >= 0.6 is 11.8 Å². The number of rotatable bonds is 17. The van der Waals surface area contributed by atoms with E-state index in [1.807, 2.05) is 11.8 Å². The molecule has 10 heteroatoms. The molecule has 0 bridgehead atoms. The van der Waals surface area contributed by atoms with Gasteiger partial charge >= 0.3 is 0 Å². The third-order valence-electron chi connectivity index (χ3n) is 36.5. The first-order valence-corrected chi connectivity index (χ1v) is 57.0. The Morgan fingerprint density at radius 1 is 0.199 bits per heavy atom. The Morgan fingerprint density at radius 2 is 0.434 bits per heavy atom. The molecule has 5 atom stereocenters. The third-order valence-corrected chi connectivity index (χ3v) is 37.9. The van der Waals surface area contributed by atoms with Crippen molar-refractivity contribution in [2.75, 3.05) is 24.5 Å². The van der Waals surface area contributed by atoms with Crippen LogP contribution in [0.3, 0.4) is 0 Å². The molecule has 5 heterocycles. The second-order valence-electron chi connectivity index (χ2n) is 45.1. The van der Waals surface area contributed by atoms with Crippen LogP contribution in [0.5, 0.6) is 0 Å². The molecule has 0 saturated heterocycles. The van der Waals surface area contributed by atoms with Gasteiger partial charge in [-0.2, -0.15) is 0 Å². The Hall–Kier alpha value is -8.21. The number of hydrogen-bond acceptors (Lipinski definition) is 10. The summed E-state index contributed by atoms with van der Waals surface area (Å²) in [6.07, 6.45) is 66.0. The average molecular weight is 1850 g/mol. The molecule has 0 N–H and O–H groups in total. The fourth-order valence-corrected chi connectivity index (χ4v) is 31.1. The Kier molecular flexibility index (Phi) is 32.8. The van der Waals surface area contributed by atoms with Gasteiger partial charge < -0.3 is 44.1 Å². The topological polar surface area (TPSA) is 29.2 Å². The largest absolute Gasteiger partial charge is 0.350 e.